The van der Waals surface area contributed by atoms with E-state index in [4.69, 9.17) is 0 Å². The molecule has 0 spiro atoms. The quantitative estimate of drug-likeness (QED) is 0.812. The van der Waals surface area contributed by atoms with Crippen molar-refractivity contribution in [1.29, 1.82) is 0 Å². The van der Waals surface area contributed by atoms with Gasteiger partial charge < -0.3 is 4.90 Å². The van der Waals surface area contributed by atoms with Gasteiger partial charge >= 0.3 is 6.18 Å². The third kappa shape index (κ3) is 2.54. The predicted molar refractivity (Wildman–Crippen MR) is 71.0 cm³/mol. The maximum absolute atomic E-state index is 12.9. The molecule has 1 fully saturated rings. The molecule has 2 aromatic heterocycles. The van der Waals surface area contributed by atoms with Gasteiger partial charge in [0.25, 0.3) is 5.82 Å². The lowest BCUT2D eigenvalue weighted by Gasteiger charge is -2.37. The van der Waals surface area contributed by atoms with Gasteiger partial charge in [0.1, 0.15) is 5.82 Å². The first-order valence-electron chi connectivity index (χ1n) is 6.92. The Bertz CT molecular complexity index is 651. The van der Waals surface area contributed by atoms with Crippen LogP contribution < -0.4 is 4.90 Å². The van der Waals surface area contributed by atoms with E-state index < -0.39 is 12.0 Å². The normalized spacial score (nSPS) is 23.8. The standard InChI is InChI=1S/C13H16F3N5/c1-8-5-6-20(9(2)7-8)11-4-3-10-17-18-12(13(14,15)16)21(10)19-11/h3-4,8-9H,5-7H2,1-2H3. The fourth-order valence-electron chi connectivity index (χ4n) is 2.86. The number of nitrogens with zero attached hydrogens (tertiary/aromatic N) is 5. The molecule has 2 aromatic rings. The molecule has 2 atom stereocenters. The SMILES string of the molecule is CC1CCN(c2ccc3nnc(C(F)(F)F)n3n2)C(C)C1. The Hall–Kier alpha value is -1.86. The summed E-state index contributed by atoms with van der Waals surface area (Å²) < 4.78 is 39.4. The van der Waals surface area contributed by atoms with Crippen LogP contribution in [0.2, 0.25) is 0 Å². The zero-order valence-corrected chi connectivity index (χ0v) is 11.8. The molecule has 5 nitrogen and oxygen atoms in total. The molecule has 3 rings (SSSR count). The number of hydrogen-bond acceptors (Lipinski definition) is 4. The molecule has 0 amide bonds. The first-order chi connectivity index (χ1) is 9.86. The molecule has 0 N–H and O–H groups in total. The minimum absolute atomic E-state index is 0.101. The summed E-state index contributed by atoms with van der Waals surface area (Å²) in [4.78, 5) is 2.04. The van der Waals surface area contributed by atoms with Gasteiger partial charge in [0.2, 0.25) is 0 Å². The van der Waals surface area contributed by atoms with Crippen LogP contribution in [0.5, 0.6) is 0 Å². The van der Waals surface area contributed by atoms with Crippen molar-refractivity contribution in [3.05, 3.63) is 18.0 Å². The van der Waals surface area contributed by atoms with E-state index in [1.807, 2.05) is 4.90 Å². The average Bonchev–Trinajstić information content (AvgIpc) is 2.81. The number of hydrogen-bond donors (Lipinski definition) is 0. The van der Waals surface area contributed by atoms with Crippen molar-refractivity contribution < 1.29 is 13.2 Å². The van der Waals surface area contributed by atoms with Crippen LogP contribution in [0.3, 0.4) is 0 Å². The van der Waals surface area contributed by atoms with Crippen LogP contribution in [0.15, 0.2) is 12.1 Å². The summed E-state index contributed by atoms with van der Waals surface area (Å²) in [6.45, 7) is 5.05. The van der Waals surface area contributed by atoms with E-state index in [0.29, 0.717) is 11.7 Å². The van der Waals surface area contributed by atoms with Crippen molar-refractivity contribution in [3.63, 3.8) is 0 Å². The van der Waals surface area contributed by atoms with Crippen LogP contribution in [-0.4, -0.2) is 32.4 Å². The Balaban J connectivity index is 2.00. The highest BCUT2D eigenvalue weighted by Gasteiger charge is 2.38. The van der Waals surface area contributed by atoms with E-state index in [1.165, 1.54) is 6.07 Å². The lowest BCUT2D eigenvalue weighted by Crippen LogP contribution is -2.41. The van der Waals surface area contributed by atoms with E-state index in [1.54, 1.807) is 6.07 Å². The van der Waals surface area contributed by atoms with Crippen LogP contribution in [0, 0.1) is 5.92 Å². The van der Waals surface area contributed by atoms with Crippen molar-refractivity contribution in [3.8, 4) is 0 Å². The topological polar surface area (TPSA) is 46.3 Å². The Labute approximate surface area is 119 Å². The van der Waals surface area contributed by atoms with Crippen LogP contribution in [0.4, 0.5) is 19.0 Å². The van der Waals surface area contributed by atoms with E-state index in [2.05, 4.69) is 29.1 Å². The van der Waals surface area contributed by atoms with Gasteiger partial charge in [0, 0.05) is 12.6 Å². The second kappa shape index (κ2) is 4.85. The Morgan fingerprint density at radius 1 is 1.19 bits per heavy atom. The molecule has 1 aliphatic heterocycles. The molecule has 1 saturated heterocycles. The predicted octanol–water partition coefficient (Wildman–Crippen LogP) is 2.77. The molecule has 0 bridgehead atoms. The Morgan fingerprint density at radius 3 is 2.62 bits per heavy atom. The summed E-state index contributed by atoms with van der Waals surface area (Å²) in [5.74, 6) is 0.0743. The second-order valence-electron chi connectivity index (χ2n) is 5.65. The smallest absolute Gasteiger partial charge is 0.352 e. The van der Waals surface area contributed by atoms with Crippen molar-refractivity contribution >= 4 is 11.5 Å². The minimum atomic E-state index is -4.56. The molecule has 3 heterocycles. The van der Waals surface area contributed by atoms with Crippen LogP contribution >= 0.6 is 0 Å². The summed E-state index contributed by atoms with van der Waals surface area (Å²) in [6.07, 6.45) is -2.54. The maximum Gasteiger partial charge on any atom is 0.453 e. The molecule has 2 unspecified atom stereocenters. The van der Waals surface area contributed by atoms with E-state index in [9.17, 15) is 13.2 Å². The number of aromatic nitrogens is 4. The summed E-state index contributed by atoms with van der Waals surface area (Å²) in [6, 6.07) is 3.48. The molecule has 0 radical (unpaired) electrons. The largest absolute Gasteiger partial charge is 0.453 e. The van der Waals surface area contributed by atoms with E-state index in [0.717, 1.165) is 23.9 Å². The number of anilines is 1. The Morgan fingerprint density at radius 2 is 1.95 bits per heavy atom. The van der Waals surface area contributed by atoms with E-state index >= 15 is 0 Å². The summed E-state index contributed by atoms with van der Waals surface area (Å²) in [5, 5.41) is 10.8. The van der Waals surface area contributed by atoms with Gasteiger partial charge in [-0.05, 0) is 37.8 Å². The third-order valence-corrected chi connectivity index (χ3v) is 3.93. The average molecular weight is 299 g/mol. The van der Waals surface area contributed by atoms with Crippen molar-refractivity contribution in [1.82, 2.24) is 19.8 Å². The van der Waals surface area contributed by atoms with Crippen molar-refractivity contribution in [2.45, 2.75) is 38.9 Å². The van der Waals surface area contributed by atoms with Crippen molar-refractivity contribution in [2.24, 2.45) is 5.92 Å². The maximum atomic E-state index is 12.9. The molecule has 1 aliphatic rings. The molecule has 0 aliphatic carbocycles. The fourth-order valence-corrected chi connectivity index (χ4v) is 2.86. The number of piperidine rings is 1. The van der Waals surface area contributed by atoms with Crippen LogP contribution in [-0.2, 0) is 6.18 Å². The molecule has 8 heteroatoms. The van der Waals surface area contributed by atoms with E-state index in [-0.39, 0.29) is 11.7 Å². The monoisotopic (exact) mass is 299 g/mol. The van der Waals surface area contributed by atoms with Crippen LogP contribution in [0.25, 0.3) is 5.65 Å². The van der Waals surface area contributed by atoms with Gasteiger partial charge in [-0.1, -0.05) is 6.92 Å². The molecule has 0 aromatic carbocycles. The Kier molecular flexibility index (Phi) is 3.26. The summed E-state index contributed by atoms with van der Waals surface area (Å²) >= 11 is 0. The lowest BCUT2D eigenvalue weighted by molar-refractivity contribution is -0.146. The molecular formula is C13H16F3N5. The zero-order chi connectivity index (χ0) is 15.2. The van der Waals surface area contributed by atoms with Crippen molar-refractivity contribution in [2.75, 3.05) is 11.4 Å². The minimum Gasteiger partial charge on any atom is -0.352 e. The first kappa shape index (κ1) is 14.1. The fraction of sp³-hybridized carbons (Fsp3) is 0.615. The van der Waals surface area contributed by atoms with Gasteiger partial charge in [-0.3, -0.25) is 0 Å². The summed E-state index contributed by atoms with van der Waals surface area (Å²) in [7, 11) is 0. The molecule has 0 saturated carbocycles. The van der Waals surface area contributed by atoms with Gasteiger partial charge in [-0.25, -0.2) is 0 Å². The zero-order valence-electron chi connectivity index (χ0n) is 11.8. The van der Waals surface area contributed by atoms with Gasteiger partial charge in [0.15, 0.2) is 5.65 Å². The molecule has 114 valence electrons. The number of rotatable bonds is 1. The highest BCUT2D eigenvalue weighted by molar-refractivity contribution is 5.46. The molecular weight excluding hydrogens is 283 g/mol. The van der Waals surface area contributed by atoms with Gasteiger partial charge in [-0.2, -0.15) is 17.7 Å². The van der Waals surface area contributed by atoms with Gasteiger partial charge in [0.05, 0.1) is 0 Å². The highest BCUT2D eigenvalue weighted by Crippen LogP contribution is 2.29. The van der Waals surface area contributed by atoms with Gasteiger partial charge in [-0.15, -0.1) is 15.3 Å². The third-order valence-electron chi connectivity index (χ3n) is 3.93. The lowest BCUT2D eigenvalue weighted by atomic mass is 9.93. The highest BCUT2D eigenvalue weighted by atomic mass is 19.4. The number of halogens is 3. The number of alkyl halides is 3. The van der Waals surface area contributed by atoms with Crippen LogP contribution in [0.1, 0.15) is 32.5 Å². The summed E-state index contributed by atoms with van der Waals surface area (Å²) in [5.41, 5.74) is 0.101. The number of fused-ring (bicyclic) bond motifs is 1. The first-order valence-corrected chi connectivity index (χ1v) is 6.92. The molecule has 21 heavy (non-hydrogen) atoms. The second-order valence-corrected chi connectivity index (χ2v) is 5.65.